The Bertz CT molecular complexity index is 1710. The number of ether oxygens (including phenoxy) is 1. The van der Waals surface area contributed by atoms with Crippen molar-refractivity contribution in [1.82, 2.24) is 10.2 Å². The smallest absolute Gasteiger partial charge is 0.264 e. The van der Waals surface area contributed by atoms with E-state index in [1.807, 2.05) is 88.4 Å². The predicted octanol–water partition coefficient (Wildman–Crippen LogP) is 5.67. The maximum Gasteiger partial charge on any atom is 0.264 e. The van der Waals surface area contributed by atoms with E-state index in [0.717, 1.165) is 21.0 Å². The lowest BCUT2D eigenvalue weighted by atomic mass is 10.0. The van der Waals surface area contributed by atoms with Gasteiger partial charge in [0.25, 0.3) is 10.0 Å². The number of nitrogens with zero attached hydrogens (tertiary/aromatic N) is 2. The number of benzene rings is 4. The quantitative estimate of drug-likeness (QED) is 0.206. The van der Waals surface area contributed by atoms with Crippen LogP contribution in [0.15, 0.2) is 108 Å². The van der Waals surface area contributed by atoms with E-state index >= 15 is 0 Å². The van der Waals surface area contributed by atoms with E-state index in [2.05, 4.69) is 5.32 Å². The molecule has 4 aromatic rings. The van der Waals surface area contributed by atoms with Crippen molar-refractivity contribution in [1.29, 1.82) is 0 Å². The standard InChI is InChI=1S/C36H41N3O5S/c1-26(2)37-36(41)34(23-29-13-8-6-9-14-29)38(24-30-15-12-16-31(22-30)44-5)35(40)25-39(33-20-19-27(3)21-28(33)4)45(42,43)32-17-10-7-11-18-32/h6-22,26,34H,23-25H2,1-5H3,(H,37,41)/t34-/m0/s1. The first kappa shape index (κ1) is 33.3. The summed E-state index contributed by atoms with van der Waals surface area (Å²) in [6, 6.07) is 29.2. The second-order valence-electron chi connectivity index (χ2n) is 11.4. The number of carbonyl (C=O) groups is 2. The Morgan fingerprint density at radius 2 is 1.47 bits per heavy atom. The molecule has 0 aliphatic heterocycles. The lowest BCUT2D eigenvalue weighted by Gasteiger charge is -2.34. The van der Waals surface area contributed by atoms with Crippen LogP contribution in [0.5, 0.6) is 5.75 Å². The molecule has 1 atom stereocenters. The highest BCUT2D eigenvalue weighted by atomic mass is 32.2. The van der Waals surface area contributed by atoms with Gasteiger partial charge in [-0.1, -0.05) is 78.4 Å². The third-order valence-electron chi connectivity index (χ3n) is 7.42. The molecule has 2 amide bonds. The molecule has 0 fully saturated rings. The summed E-state index contributed by atoms with van der Waals surface area (Å²) in [6.07, 6.45) is 0.240. The molecule has 0 saturated carbocycles. The van der Waals surface area contributed by atoms with E-state index in [9.17, 15) is 18.0 Å². The summed E-state index contributed by atoms with van der Waals surface area (Å²) >= 11 is 0. The minimum Gasteiger partial charge on any atom is -0.497 e. The molecule has 8 nitrogen and oxygen atoms in total. The molecule has 4 rings (SSSR count). The topological polar surface area (TPSA) is 96.0 Å². The van der Waals surface area contributed by atoms with Gasteiger partial charge in [-0.3, -0.25) is 13.9 Å². The molecule has 9 heteroatoms. The van der Waals surface area contributed by atoms with Gasteiger partial charge in [0.05, 0.1) is 17.7 Å². The molecule has 0 saturated heterocycles. The first-order chi connectivity index (χ1) is 21.5. The molecular formula is C36H41N3O5S. The highest BCUT2D eigenvalue weighted by Crippen LogP contribution is 2.28. The van der Waals surface area contributed by atoms with E-state index in [0.29, 0.717) is 17.0 Å². The summed E-state index contributed by atoms with van der Waals surface area (Å²) in [5.41, 5.74) is 3.67. The van der Waals surface area contributed by atoms with Gasteiger partial charge in [0.2, 0.25) is 11.8 Å². The molecule has 0 radical (unpaired) electrons. The van der Waals surface area contributed by atoms with Crippen molar-refractivity contribution in [3.63, 3.8) is 0 Å². The van der Waals surface area contributed by atoms with Gasteiger partial charge in [0.1, 0.15) is 18.3 Å². The Labute approximate surface area is 266 Å². The summed E-state index contributed by atoms with van der Waals surface area (Å²) in [6.45, 7) is 7.02. The van der Waals surface area contributed by atoms with Crippen LogP contribution in [0.4, 0.5) is 5.69 Å². The maximum absolute atomic E-state index is 14.6. The van der Waals surface area contributed by atoms with E-state index in [4.69, 9.17) is 4.74 Å². The summed E-state index contributed by atoms with van der Waals surface area (Å²) in [4.78, 5) is 29.9. The highest BCUT2D eigenvalue weighted by molar-refractivity contribution is 7.92. The SMILES string of the molecule is COc1cccc(CN(C(=O)CN(c2ccc(C)cc2C)S(=O)(=O)c2ccccc2)[C@@H](Cc2ccccc2)C(=O)NC(C)C)c1. The van der Waals surface area contributed by atoms with Gasteiger partial charge >= 0.3 is 0 Å². The van der Waals surface area contributed by atoms with Crippen molar-refractivity contribution < 1.29 is 22.7 Å². The average molecular weight is 628 g/mol. The summed E-state index contributed by atoms with van der Waals surface area (Å²) in [7, 11) is -2.60. The van der Waals surface area contributed by atoms with Crippen LogP contribution >= 0.6 is 0 Å². The summed E-state index contributed by atoms with van der Waals surface area (Å²) < 4.78 is 34.9. The van der Waals surface area contributed by atoms with Gasteiger partial charge in [-0.05, 0) is 74.7 Å². The third-order valence-corrected chi connectivity index (χ3v) is 9.19. The van der Waals surface area contributed by atoms with Crippen molar-refractivity contribution in [3.8, 4) is 5.75 Å². The van der Waals surface area contributed by atoms with Gasteiger partial charge in [0.15, 0.2) is 0 Å². The van der Waals surface area contributed by atoms with Gasteiger partial charge < -0.3 is 15.0 Å². The molecule has 0 spiro atoms. The molecule has 45 heavy (non-hydrogen) atoms. The third kappa shape index (κ3) is 8.51. The number of anilines is 1. The Morgan fingerprint density at radius 3 is 2.09 bits per heavy atom. The minimum atomic E-state index is -4.16. The monoisotopic (exact) mass is 627 g/mol. The minimum absolute atomic E-state index is 0.0607. The fourth-order valence-corrected chi connectivity index (χ4v) is 6.72. The fourth-order valence-electron chi connectivity index (χ4n) is 5.22. The van der Waals surface area contributed by atoms with Crippen LogP contribution in [0.1, 0.15) is 36.1 Å². The molecule has 0 aliphatic carbocycles. The molecule has 0 bridgehead atoms. The number of carbonyl (C=O) groups excluding carboxylic acids is 2. The van der Waals surface area contributed by atoms with Crippen molar-refractivity contribution in [3.05, 3.63) is 125 Å². The van der Waals surface area contributed by atoms with E-state index in [1.54, 1.807) is 37.4 Å². The summed E-state index contributed by atoms with van der Waals surface area (Å²) in [5, 5.41) is 2.97. The predicted molar refractivity (Wildman–Crippen MR) is 178 cm³/mol. The maximum atomic E-state index is 14.6. The first-order valence-electron chi connectivity index (χ1n) is 14.9. The molecule has 4 aromatic carbocycles. The van der Waals surface area contributed by atoms with Gasteiger partial charge in [-0.25, -0.2) is 8.42 Å². The lowest BCUT2D eigenvalue weighted by molar-refractivity contribution is -0.140. The Kier molecular flexibility index (Phi) is 11.0. The van der Waals surface area contributed by atoms with Gasteiger partial charge in [0, 0.05) is 19.0 Å². The second-order valence-corrected chi connectivity index (χ2v) is 13.2. The molecular weight excluding hydrogens is 586 g/mol. The van der Waals surface area contributed by atoms with Crippen LogP contribution in [0.3, 0.4) is 0 Å². The molecule has 236 valence electrons. The van der Waals surface area contributed by atoms with Gasteiger partial charge in [-0.15, -0.1) is 0 Å². The van der Waals surface area contributed by atoms with Crippen LogP contribution in [0.2, 0.25) is 0 Å². The first-order valence-corrected chi connectivity index (χ1v) is 16.4. The molecule has 0 aliphatic rings. The number of amides is 2. The van der Waals surface area contributed by atoms with Crippen LogP contribution in [0, 0.1) is 13.8 Å². The largest absolute Gasteiger partial charge is 0.497 e. The number of rotatable bonds is 13. The van der Waals surface area contributed by atoms with Crippen LogP contribution < -0.4 is 14.4 Å². The summed E-state index contributed by atoms with van der Waals surface area (Å²) in [5.74, 6) is -0.235. The average Bonchev–Trinajstić information content (AvgIpc) is 3.02. The zero-order valence-electron chi connectivity index (χ0n) is 26.4. The fraction of sp³-hybridized carbons (Fsp3) is 0.278. The number of hydrogen-bond acceptors (Lipinski definition) is 5. The number of nitrogens with one attached hydrogen (secondary N) is 1. The van der Waals surface area contributed by atoms with Crippen molar-refractivity contribution in [2.24, 2.45) is 0 Å². The van der Waals surface area contributed by atoms with Crippen molar-refractivity contribution >= 4 is 27.5 Å². The van der Waals surface area contributed by atoms with Crippen molar-refractivity contribution in [2.45, 2.75) is 57.6 Å². The van der Waals surface area contributed by atoms with E-state index in [-0.39, 0.29) is 29.8 Å². The lowest BCUT2D eigenvalue weighted by Crippen LogP contribution is -2.54. The Hall–Kier alpha value is -4.63. The Balaban J connectivity index is 1.83. The van der Waals surface area contributed by atoms with Crippen molar-refractivity contribution in [2.75, 3.05) is 18.0 Å². The molecule has 1 N–H and O–H groups in total. The number of hydrogen-bond donors (Lipinski definition) is 1. The normalized spacial score (nSPS) is 12.0. The molecule has 0 unspecified atom stereocenters. The number of methoxy groups -OCH3 is 1. The highest BCUT2D eigenvalue weighted by Gasteiger charge is 2.35. The second kappa shape index (κ2) is 14.9. The van der Waals surface area contributed by atoms with Crippen LogP contribution in [-0.2, 0) is 32.6 Å². The van der Waals surface area contributed by atoms with Gasteiger partial charge in [-0.2, -0.15) is 0 Å². The Morgan fingerprint density at radius 1 is 0.822 bits per heavy atom. The number of aryl methyl sites for hydroxylation is 2. The molecule has 0 heterocycles. The van der Waals surface area contributed by atoms with Crippen LogP contribution in [0.25, 0.3) is 0 Å². The zero-order valence-corrected chi connectivity index (χ0v) is 27.3. The van der Waals surface area contributed by atoms with Crippen LogP contribution in [-0.4, -0.2) is 50.9 Å². The van der Waals surface area contributed by atoms with E-state index < -0.39 is 28.5 Å². The molecule has 0 aromatic heterocycles. The number of sulfonamides is 1. The zero-order chi connectivity index (χ0) is 32.6. The van der Waals surface area contributed by atoms with E-state index in [1.165, 1.54) is 17.0 Å².